The number of hydrogen-bond donors (Lipinski definition) is 1. The molecule has 0 aromatic rings. The molecular formula is C8H13ClO2. The Morgan fingerprint density at radius 1 is 1.55 bits per heavy atom. The number of rotatable bonds is 3. The third kappa shape index (κ3) is 2.70. The van der Waals surface area contributed by atoms with E-state index in [2.05, 4.69) is 0 Å². The van der Waals surface area contributed by atoms with E-state index in [4.69, 9.17) is 16.7 Å². The second-order valence-electron chi connectivity index (χ2n) is 3.16. The molecule has 3 heteroatoms. The van der Waals surface area contributed by atoms with E-state index < -0.39 is 5.97 Å². The van der Waals surface area contributed by atoms with E-state index in [-0.39, 0.29) is 11.8 Å². The van der Waals surface area contributed by atoms with Crippen molar-refractivity contribution in [3.8, 4) is 0 Å². The molecule has 2 nitrogen and oxygen atoms in total. The molecule has 1 aliphatic rings. The first-order valence-corrected chi connectivity index (χ1v) is 4.49. The first-order chi connectivity index (χ1) is 5.20. The van der Waals surface area contributed by atoms with Gasteiger partial charge in [-0.3, -0.25) is 4.79 Å². The van der Waals surface area contributed by atoms with Crippen molar-refractivity contribution in [3.05, 3.63) is 0 Å². The van der Waals surface area contributed by atoms with Gasteiger partial charge in [0.05, 0.1) is 6.42 Å². The Bertz CT molecular complexity index is 141. The van der Waals surface area contributed by atoms with Crippen LogP contribution in [-0.4, -0.2) is 16.5 Å². The predicted octanol–water partition coefficient (Wildman–Crippen LogP) is 2.26. The zero-order valence-corrected chi connectivity index (χ0v) is 7.18. The lowest BCUT2D eigenvalue weighted by molar-refractivity contribution is -0.137. The summed E-state index contributed by atoms with van der Waals surface area (Å²) in [4.78, 5) is 10.3. The van der Waals surface area contributed by atoms with Crippen LogP contribution in [0.15, 0.2) is 0 Å². The molecule has 11 heavy (non-hydrogen) atoms. The van der Waals surface area contributed by atoms with Crippen LogP contribution in [0, 0.1) is 5.92 Å². The molecule has 0 saturated heterocycles. The number of halogens is 1. The minimum Gasteiger partial charge on any atom is -0.481 e. The molecule has 0 aromatic heterocycles. The molecule has 1 aliphatic carbocycles. The van der Waals surface area contributed by atoms with Gasteiger partial charge in [0.25, 0.3) is 0 Å². The lowest BCUT2D eigenvalue weighted by atomic mass is 10.0. The van der Waals surface area contributed by atoms with Gasteiger partial charge in [-0.15, -0.1) is 11.6 Å². The Morgan fingerprint density at radius 3 is 2.55 bits per heavy atom. The molecule has 0 spiro atoms. The van der Waals surface area contributed by atoms with Crippen LogP contribution in [0.2, 0.25) is 0 Å². The van der Waals surface area contributed by atoms with Gasteiger partial charge in [-0.2, -0.15) is 0 Å². The molecule has 1 fully saturated rings. The number of alkyl halides is 1. The van der Waals surface area contributed by atoms with E-state index in [1.807, 2.05) is 0 Å². The van der Waals surface area contributed by atoms with Crippen molar-refractivity contribution in [1.82, 2.24) is 0 Å². The van der Waals surface area contributed by atoms with Crippen LogP contribution in [0.5, 0.6) is 0 Å². The van der Waals surface area contributed by atoms with Crippen molar-refractivity contribution in [3.63, 3.8) is 0 Å². The summed E-state index contributed by atoms with van der Waals surface area (Å²) in [5.74, 6) is -0.329. The Morgan fingerprint density at radius 2 is 2.09 bits per heavy atom. The highest BCUT2D eigenvalue weighted by Crippen LogP contribution is 2.31. The number of hydrogen-bond acceptors (Lipinski definition) is 1. The standard InChI is InChI=1S/C8H13ClO2/c9-7(5-8(10)11)6-3-1-2-4-6/h6-7H,1-5H2,(H,10,11). The molecular weight excluding hydrogens is 164 g/mol. The number of aliphatic carboxylic acids is 1. The summed E-state index contributed by atoms with van der Waals surface area (Å²) < 4.78 is 0. The van der Waals surface area contributed by atoms with E-state index in [0.717, 1.165) is 12.8 Å². The van der Waals surface area contributed by atoms with Crippen LogP contribution in [0.3, 0.4) is 0 Å². The molecule has 1 saturated carbocycles. The monoisotopic (exact) mass is 176 g/mol. The van der Waals surface area contributed by atoms with Gasteiger partial charge in [0.1, 0.15) is 0 Å². The molecule has 1 N–H and O–H groups in total. The third-order valence-electron chi connectivity index (χ3n) is 2.28. The zero-order chi connectivity index (χ0) is 8.27. The van der Waals surface area contributed by atoms with Crippen LogP contribution in [0.4, 0.5) is 0 Å². The first kappa shape index (κ1) is 8.85. The maximum atomic E-state index is 10.3. The van der Waals surface area contributed by atoms with Crippen molar-refractivity contribution in [1.29, 1.82) is 0 Å². The van der Waals surface area contributed by atoms with Crippen LogP contribution in [0.1, 0.15) is 32.1 Å². The highest BCUT2D eigenvalue weighted by molar-refractivity contribution is 6.21. The number of carboxylic acid groups (broad SMARTS) is 1. The molecule has 0 bridgehead atoms. The van der Waals surface area contributed by atoms with Gasteiger partial charge in [0, 0.05) is 5.38 Å². The van der Waals surface area contributed by atoms with E-state index >= 15 is 0 Å². The highest BCUT2D eigenvalue weighted by Gasteiger charge is 2.24. The summed E-state index contributed by atoms with van der Waals surface area (Å²) in [6, 6.07) is 0. The molecule has 1 unspecified atom stereocenters. The van der Waals surface area contributed by atoms with Gasteiger partial charge in [-0.25, -0.2) is 0 Å². The maximum Gasteiger partial charge on any atom is 0.304 e. The minimum absolute atomic E-state index is 0.117. The lowest BCUT2D eigenvalue weighted by Crippen LogP contribution is -2.15. The summed E-state index contributed by atoms with van der Waals surface area (Å²) in [7, 11) is 0. The van der Waals surface area contributed by atoms with Gasteiger partial charge < -0.3 is 5.11 Å². The largest absolute Gasteiger partial charge is 0.481 e. The third-order valence-corrected chi connectivity index (χ3v) is 2.79. The average molecular weight is 177 g/mol. The van der Waals surface area contributed by atoms with Crippen molar-refractivity contribution in [2.75, 3.05) is 0 Å². The fourth-order valence-electron chi connectivity index (χ4n) is 1.65. The van der Waals surface area contributed by atoms with Crippen molar-refractivity contribution in [2.45, 2.75) is 37.5 Å². The fraction of sp³-hybridized carbons (Fsp3) is 0.875. The average Bonchev–Trinajstić information content (AvgIpc) is 2.35. The topological polar surface area (TPSA) is 37.3 Å². The maximum absolute atomic E-state index is 10.3. The SMILES string of the molecule is O=C(O)CC(Cl)C1CCCC1. The Kier molecular flexibility index (Phi) is 3.18. The highest BCUT2D eigenvalue weighted by atomic mass is 35.5. The van der Waals surface area contributed by atoms with Gasteiger partial charge >= 0.3 is 5.97 Å². The van der Waals surface area contributed by atoms with Crippen LogP contribution in [-0.2, 0) is 4.79 Å². The van der Waals surface area contributed by atoms with E-state index in [9.17, 15) is 4.79 Å². The van der Waals surface area contributed by atoms with Crippen LogP contribution < -0.4 is 0 Å². The molecule has 0 radical (unpaired) electrons. The fourth-order valence-corrected chi connectivity index (χ4v) is 2.04. The summed E-state index contributed by atoms with van der Waals surface area (Å²) in [5, 5.41) is 8.32. The van der Waals surface area contributed by atoms with Crippen LogP contribution >= 0.6 is 11.6 Å². The first-order valence-electron chi connectivity index (χ1n) is 4.06. The van der Waals surface area contributed by atoms with Gasteiger partial charge in [0.2, 0.25) is 0 Å². The normalized spacial score (nSPS) is 21.9. The van der Waals surface area contributed by atoms with E-state index in [1.165, 1.54) is 12.8 Å². The summed E-state index contributed by atoms with van der Waals surface area (Å²) >= 11 is 5.90. The van der Waals surface area contributed by atoms with Crippen molar-refractivity contribution in [2.24, 2.45) is 5.92 Å². The van der Waals surface area contributed by atoms with Gasteiger partial charge in [-0.1, -0.05) is 12.8 Å². The van der Waals surface area contributed by atoms with E-state index in [0.29, 0.717) is 5.92 Å². The van der Waals surface area contributed by atoms with Crippen molar-refractivity contribution < 1.29 is 9.90 Å². The molecule has 1 atom stereocenters. The Hall–Kier alpha value is -0.240. The quantitative estimate of drug-likeness (QED) is 0.670. The predicted molar refractivity (Wildman–Crippen MR) is 43.9 cm³/mol. The molecule has 0 amide bonds. The summed E-state index contributed by atoms with van der Waals surface area (Å²) in [6.07, 6.45) is 4.77. The zero-order valence-electron chi connectivity index (χ0n) is 6.42. The molecule has 0 aromatic carbocycles. The Balaban J connectivity index is 2.28. The number of carbonyl (C=O) groups is 1. The second kappa shape index (κ2) is 3.96. The van der Waals surface area contributed by atoms with Gasteiger partial charge in [-0.05, 0) is 18.8 Å². The molecule has 0 heterocycles. The lowest BCUT2D eigenvalue weighted by Gasteiger charge is -2.13. The van der Waals surface area contributed by atoms with Crippen LogP contribution in [0.25, 0.3) is 0 Å². The molecule has 64 valence electrons. The summed E-state index contributed by atoms with van der Waals surface area (Å²) in [5.41, 5.74) is 0. The smallest absolute Gasteiger partial charge is 0.304 e. The molecule has 1 rings (SSSR count). The second-order valence-corrected chi connectivity index (χ2v) is 3.72. The Labute approximate surface area is 71.5 Å². The minimum atomic E-state index is -0.781. The molecule has 0 aliphatic heterocycles. The van der Waals surface area contributed by atoms with Crippen molar-refractivity contribution >= 4 is 17.6 Å². The van der Waals surface area contributed by atoms with E-state index in [1.54, 1.807) is 0 Å². The summed E-state index contributed by atoms with van der Waals surface area (Å²) in [6.45, 7) is 0. The van der Waals surface area contributed by atoms with Gasteiger partial charge in [0.15, 0.2) is 0 Å². The number of carboxylic acids is 1.